The lowest BCUT2D eigenvalue weighted by Gasteiger charge is -2.23. The number of nitrogens with one attached hydrogen (secondary N) is 4. The molecule has 1 heterocycles. The van der Waals surface area contributed by atoms with Crippen molar-refractivity contribution in [1.29, 1.82) is 0 Å². The number of hydrogen-bond acceptors (Lipinski definition) is 8. The number of carbonyl (C=O) groups excluding carboxylic acids is 4. The molecule has 1 aliphatic rings. The molecule has 9 N–H and O–H groups in total. The highest BCUT2D eigenvalue weighted by atomic mass is 16.4. The number of rotatable bonds is 13. The number of carbonyl (C=O) groups is 7. The second-order valence-corrected chi connectivity index (χ2v) is 7.04. The fourth-order valence-corrected chi connectivity index (χ4v) is 2.89. The second kappa shape index (κ2) is 12.2. The summed E-state index contributed by atoms with van der Waals surface area (Å²) in [6.45, 7) is 0.565. The predicted molar refractivity (Wildman–Crippen MR) is 103 cm³/mol. The highest BCUT2D eigenvalue weighted by Crippen LogP contribution is 2.06. The monoisotopic (exact) mass is 459 g/mol. The van der Waals surface area contributed by atoms with Gasteiger partial charge < -0.3 is 42.3 Å². The molecule has 1 rings (SSSR count). The number of carboxylic acid groups (broad SMARTS) is 3. The minimum Gasteiger partial charge on any atom is -0.481 e. The van der Waals surface area contributed by atoms with Crippen molar-refractivity contribution in [1.82, 2.24) is 21.3 Å². The Kier molecular flexibility index (Phi) is 10.0. The van der Waals surface area contributed by atoms with Gasteiger partial charge in [0.25, 0.3) is 0 Å². The summed E-state index contributed by atoms with van der Waals surface area (Å²) in [5, 5.41) is 35.9. The van der Waals surface area contributed by atoms with E-state index in [1.807, 2.05) is 5.32 Å². The van der Waals surface area contributed by atoms with Crippen LogP contribution >= 0.6 is 0 Å². The highest BCUT2D eigenvalue weighted by molar-refractivity contribution is 5.97. The van der Waals surface area contributed by atoms with Gasteiger partial charge in [0.05, 0.1) is 25.3 Å². The SMILES string of the molecule is NC(=O)CC(NC(=O)C(CC(=O)O)NC(=O)C1CCCN1)C(=O)NC(CC(=O)O)C(=O)O. The summed E-state index contributed by atoms with van der Waals surface area (Å²) in [6.07, 6.45) is -1.44. The van der Waals surface area contributed by atoms with Crippen molar-refractivity contribution in [2.75, 3.05) is 6.54 Å². The van der Waals surface area contributed by atoms with Gasteiger partial charge in [0, 0.05) is 0 Å². The van der Waals surface area contributed by atoms with Crippen LogP contribution in [0.25, 0.3) is 0 Å². The average molecular weight is 459 g/mol. The number of nitrogens with two attached hydrogens (primary N) is 1. The van der Waals surface area contributed by atoms with Crippen LogP contribution < -0.4 is 27.0 Å². The molecule has 15 nitrogen and oxygen atoms in total. The molecule has 0 aromatic rings. The van der Waals surface area contributed by atoms with Crippen molar-refractivity contribution in [3.8, 4) is 0 Å². The maximum atomic E-state index is 12.6. The lowest BCUT2D eigenvalue weighted by atomic mass is 10.1. The molecule has 4 unspecified atom stereocenters. The molecule has 0 saturated carbocycles. The van der Waals surface area contributed by atoms with Gasteiger partial charge in [-0.15, -0.1) is 0 Å². The molecule has 1 fully saturated rings. The van der Waals surface area contributed by atoms with Crippen LogP contribution in [0.3, 0.4) is 0 Å². The number of amides is 4. The first-order valence-electron chi connectivity index (χ1n) is 9.49. The van der Waals surface area contributed by atoms with E-state index in [-0.39, 0.29) is 0 Å². The van der Waals surface area contributed by atoms with Crippen LogP contribution in [0.2, 0.25) is 0 Å². The zero-order chi connectivity index (χ0) is 24.4. The van der Waals surface area contributed by atoms with Gasteiger partial charge in [0.2, 0.25) is 23.6 Å². The maximum Gasteiger partial charge on any atom is 0.326 e. The summed E-state index contributed by atoms with van der Waals surface area (Å²) in [6, 6.07) is -5.85. The third-order valence-corrected chi connectivity index (χ3v) is 4.42. The third-order valence-electron chi connectivity index (χ3n) is 4.42. The van der Waals surface area contributed by atoms with Gasteiger partial charge >= 0.3 is 17.9 Å². The van der Waals surface area contributed by atoms with Crippen LogP contribution in [0.1, 0.15) is 32.1 Å². The van der Waals surface area contributed by atoms with Crippen LogP contribution in [-0.4, -0.2) is 87.6 Å². The Bertz CT molecular complexity index is 780. The molecule has 1 aliphatic heterocycles. The zero-order valence-corrected chi connectivity index (χ0v) is 16.8. The largest absolute Gasteiger partial charge is 0.481 e. The summed E-state index contributed by atoms with van der Waals surface area (Å²) in [5.41, 5.74) is 5.05. The third kappa shape index (κ3) is 8.95. The molecule has 0 aliphatic carbocycles. The summed E-state index contributed by atoms with van der Waals surface area (Å²) in [7, 11) is 0. The normalized spacial score (nSPS) is 17.9. The molecular formula is C17H25N5O10. The second-order valence-electron chi connectivity index (χ2n) is 7.04. The van der Waals surface area contributed by atoms with E-state index in [2.05, 4.69) is 16.0 Å². The summed E-state index contributed by atoms with van der Waals surface area (Å²) >= 11 is 0. The van der Waals surface area contributed by atoms with Crippen LogP contribution in [-0.2, 0) is 33.6 Å². The van der Waals surface area contributed by atoms with Gasteiger partial charge in [0.15, 0.2) is 0 Å². The Balaban J connectivity index is 2.95. The fourth-order valence-electron chi connectivity index (χ4n) is 2.89. The fraction of sp³-hybridized carbons (Fsp3) is 0.588. The Hall–Kier alpha value is -3.75. The van der Waals surface area contributed by atoms with Crippen molar-refractivity contribution in [2.45, 2.75) is 56.3 Å². The molecule has 4 atom stereocenters. The van der Waals surface area contributed by atoms with E-state index in [0.29, 0.717) is 19.4 Å². The zero-order valence-electron chi connectivity index (χ0n) is 16.8. The Morgan fingerprint density at radius 1 is 0.812 bits per heavy atom. The average Bonchev–Trinajstić information content (AvgIpc) is 3.20. The summed E-state index contributed by atoms with van der Waals surface area (Å²) < 4.78 is 0. The predicted octanol–water partition coefficient (Wildman–Crippen LogP) is -3.90. The van der Waals surface area contributed by atoms with Crippen LogP contribution in [0, 0.1) is 0 Å². The first-order chi connectivity index (χ1) is 14.9. The molecule has 0 aromatic carbocycles. The van der Waals surface area contributed by atoms with E-state index in [4.69, 9.17) is 21.1 Å². The lowest BCUT2D eigenvalue weighted by Crippen LogP contribution is -2.58. The first-order valence-corrected chi connectivity index (χ1v) is 9.49. The molecule has 4 amide bonds. The molecule has 0 aromatic heterocycles. The summed E-state index contributed by atoms with van der Waals surface area (Å²) in [4.78, 5) is 81.5. The number of hydrogen-bond donors (Lipinski definition) is 8. The highest BCUT2D eigenvalue weighted by Gasteiger charge is 2.33. The van der Waals surface area contributed by atoms with Gasteiger partial charge in [-0.1, -0.05) is 0 Å². The number of carboxylic acids is 3. The van der Waals surface area contributed by atoms with Crippen molar-refractivity contribution < 1.29 is 48.9 Å². The standard InChI is InChI=1S/C17H25N5O10/c18-11(23)4-8(15(29)22-10(17(31)32)6-13(26)27)20-16(30)9(5-12(24)25)21-14(28)7-2-1-3-19-7/h7-10,19H,1-6H2,(H2,18,23)(H,20,30)(H,21,28)(H,22,29)(H,24,25)(H,26,27)(H,31,32). The van der Waals surface area contributed by atoms with E-state index in [1.165, 1.54) is 0 Å². The number of primary amides is 1. The molecule has 1 saturated heterocycles. The van der Waals surface area contributed by atoms with E-state index >= 15 is 0 Å². The molecule has 32 heavy (non-hydrogen) atoms. The Labute approximate surface area is 181 Å². The van der Waals surface area contributed by atoms with Gasteiger partial charge in [-0.2, -0.15) is 0 Å². The van der Waals surface area contributed by atoms with E-state index in [0.717, 1.165) is 0 Å². The van der Waals surface area contributed by atoms with Crippen LogP contribution in [0.5, 0.6) is 0 Å². The van der Waals surface area contributed by atoms with E-state index in [9.17, 15) is 33.6 Å². The maximum absolute atomic E-state index is 12.6. The Morgan fingerprint density at radius 2 is 1.31 bits per heavy atom. The molecule has 15 heteroatoms. The topological polar surface area (TPSA) is 254 Å². The van der Waals surface area contributed by atoms with Gasteiger partial charge in [-0.3, -0.25) is 28.8 Å². The van der Waals surface area contributed by atoms with Crippen molar-refractivity contribution in [3.63, 3.8) is 0 Å². The molecular weight excluding hydrogens is 434 g/mol. The van der Waals surface area contributed by atoms with Crippen LogP contribution in [0.4, 0.5) is 0 Å². The molecule has 178 valence electrons. The van der Waals surface area contributed by atoms with E-state index in [1.54, 1.807) is 0 Å². The first kappa shape index (κ1) is 26.3. The molecule has 0 radical (unpaired) electrons. The van der Waals surface area contributed by atoms with Gasteiger partial charge in [-0.05, 0) is 19.4 Å². The number of aliphatic carboxylic acids is 3. The van der Waals surface area contributed by atoms with E-state index < -0.39 is 85.0 Å². The summed E-state index contributed by atoms with van der Waals surface area (Å²) in [5.74, 6) is -8.71. The van der Waals surface area contributed by atoms with Crippen molar-refractivity contribution >= 4 is 41.5 Å². The van der Waals surface area contributed by atoms with Gasteiger partial charge in [-0.25, -0.2) is 4.79 Å². The lowest BCUT2D eigenvalue weighted by molar-refractivity contribution is -0.147. The molecule has 0 spiro atoms. The van der Waals surface area contributed by atoms with Crippen molar-refractivity contribution in [3.05, 3.63) is 0 Å². The van der Waals surface area contributed by atoms with Crippen LogP contribution in [0.15, 0.2) is 0 Å². The van der Waals surface area contributed by atoms with Gasteiger partial charge in [0.1, 0.15) is 18.1 Å². The minimum atomic E-state index is -1.87. The van der Waals surface area contributed by atoms with Crippen molar-refractivity contribution in [2.24, 2.45) is 5.73 Å². The molecule has 0 bridgehead atoms. The minimum absolute atomic E-state index is 0.472. The quantitative estimate of drug-likeness (QED) is 0.132. The smallest absolute Gasteiger partial charge is 0.326 e. The Morgan fingerprint density at radius 3 is 1.75 bits per heavy atom.